The Morgan fingerprint density at radius 2 is 1.50 bits per heavy atom. The summed E-state index contributed by atoms with van der Waals surface area (Å²) in [5, 5.41) is 2.64. The fourth-order valence-electron chi connectivity index (χ4n) is 3.92. The molecule has 0 unspecified atom stereocenters. The number of nitrogens with zero attached hydrogens (tertiary/aromatic N) is 2. The molecule has 0 bridgehead atoms. The second kappa shape index (κ2) is 11.7. The number of benzene rings is 3. The number of para-hydroxylation sites is 1. The number of amides is 3. The van der Waals surface area contributed by atoms with Gasteiger partial charge < -0.3 is 15.0 Å². The number of anilines is 3. The van der Waals surface area contributed by atoms with Crippen LogP contribution in [-0.2, 0) is 14.3 Å². The van der Waals surface area contributed by atoms with Crippen LogP contribution in [0.25, 0.3) is 0 Å². The molecule has 0 aliphatic carbocycles. The molecule has 1 aliphatic rings. The molecule has 4 rings (SSSR count). The SMILES string of the molecule is CCCOC(=O)c1ccc(N2C(=O)C(Cl)=C(Nc3ccc(C(=O)N(CC)c4ccccc4)cc3)C2=O)cc1. The number of esters is 1. The average Bonchev–Trinajstić information content (AvgIpc) is 3.16. The highest BCUT2D eigenvalue weighted by molar-refractivity contribution is 6.53. The first-order chi connectivity index (χ1) is 18.3. The molecule has 38 heavy (non-hydrogen) atoms. The molecule has 0 spiro atoms. The normalized spacial score (nSPS) is 13.1. The topological polar surface area (TPSA) is 96.0 Å². The molecule has 0 radical (unpaired) electrons. The highest BCUT2D eigenvalue weighted by atomic mass is 35.5. The zero-order chi connectivity index (χ0) is 27.2. The number of ether oxygens (including phenoxy) is 1. The zero-order valence-electron chi connectivity index (χ0n) is 20.9. The molecule has 1 heterocycles. The summed E-state index contributed by atoms with van der Waals surface area (Å²) >= 11 is 6.24. The van der Waals surface area contributed by atoms with Gasteiger partial charge in [0.2, 0.25) is 0 Å². The van der Waals surface area contributed by atoms with Crippen molar-refractivity contribution in [3.63, 3.8) is 0 Å². The van der Waals surface area contributed by atoms with Crippen molar-refractivity contribution in [3.8, 4) is 0 Å². The van der Waals surface area contributed by atoms with Crippen LogP contribution in [0.2, 0.25) is 0 Å². The lowest BCUT2D eigenvalue weighted by atomic mass is 10.1. The molecule has 0 saturated heterocycles. The number of halogens is 1. The summed E-state index contributed by atoms with van der Waals surface area (Å²) in [4.78, 5) is 53.6. The molecule has 0 saturated carbocycles. The number of rotatable bonds is 9. The highest BCUT2D eigenvalue weighted by Gasteiger charge is 2.39. The van der Waals surface area contributed by atoms with E-state index in [2.05, 4.69) is 5.32 Å². The van der Waals surface area contributed by atoms with Gasteiger partial charge in [0.1, 0.15) is 10.7 Å². The van der Waals surface area contributed by atoms with E-state index in [-0.39, 0.29) is 22.3 Å². The number of imide groups is 1. The molecule has 8 nitrogen and oxygen atoms in total. The summed E-state index contributed by atoms with van der Waals surface area (Å²) in [6.07, 6.45) is 0.699. The van der Waals surface area contributed by atoms with Gasteiger partial charge in [-0.15, -0.1) is 0 Å². The number of hydrogen-bond donors (Lipinski definition) is 1. The molecule has 0 fully saturated rings. The smallest absolute Gasteiger partial charge is 0.338 e. The van der Waals surface area contributed by atoms with Crippen molar-refractivity contribution in [2.75, 3.05) is 28.3 Å². The van der Waals surface area contributed by atoms with Crippen LogP contribution in [0.5, 0.6) is 0 Å². The van der Waals surface area contributed by atoms with Crippen LogP contribution in [0.4, 0.5) is 17.1 Å². The van der Waals surface area contributed by atoms with Gasteiger partial charge in [0.15, 0.2) is 0 Å². The Morgan fingerprint density at radius 3 is 2.11 bits per heavy atom. The van der Waals surface area contributed by atoms with Gasteiger partial charge in [0.05, 0.1) is 17.9 Å². The lowest BCUT2D eigenvalue weighted by molar-refractivity contribution is -0.120. The van der Waals surface area contributed by atoms with Crippen molar-refractivity contribution in [2.45, 2.75) is 20.3 Å². The Balaban J connectivity index is 1.47. The third kappa shape index (κ3) is 5.45. The van der Waals surface area contributed by atoms with Gasteiger partial charge in [-0.25, -0.2) is 9.69 Å². The number of carbonyl (C=O) groups excluding carboxylic acids is 4. The molecular formula is C29H26ClN3O5. The van der Waals surface area contributed by atoms with Gasteiger partial charge in [0, 0.05) is 23.5 Å². The Kier molecular flexibility index (Phi) is 8.23. The standard InChI is InChI=1S/C29H26ClN3O5/c1-3-18-38-29(37)20-12-16-23(17-13-20)33-27(35)24(30)25(28(33)36)31-21-14-10-19(11-15-21)26(34)32(4-2)22-8-6-5-7-9-22/h5-17,31H,3-4,18H2,1-2H3. The van der Waals surface area contributed by atoms with E-state index in [1.807, 2.05) is 44.2 Å². The minimum atomic E-state index is -0.686. The summed E-state index contributed by atoms with van der Waals surface area (Å²) in [6, 6.07) is 21.9. The summed E-state index contributed by atoms with van der Waals surface area (Å²) < 4.78 is 5.10. The van der Waals surface area contributed by atoms with Crippen molar-refractivity contribution in [3.05, 3.63) is 101 Å². The molecular weight excluding hydrogens is 506 g/mol. The van der Waals surface area contributed by atoms with E-state index >= 15 is 0 Å². The molecule has 3 aromatic carbocycles. The summed E-state index contributed by atoms with van der Waals surface area (Å²) in [6.45, 7) is 4.59. The third-order valence-corrected chi connectivity index (χ3v) is 6.21. The molecule has 1 N–H and O–H groups in total. The Morgan fingerprint density at radius 1 is 0.868 bits per heavy atom. The van der Waals surface area contributed by atoms with Crippen molar-refractivity contribution >= 4 is 52.4 Å². The zero-order valence-corrected chi connectivity index (χ0v) is 21.7. The van der Waals surface area contributed by atoms with E-state index in [9.17, 15) is 19.2 Å². The average molecular weight is 532 g/mol. The minimum absolute atomic E-state index is 0.0818. The van der Waals surface area contributed by atoms with Crippen LogP contribution >= 0.6 is 11.6 Å². The van der Waals surface area contributed by atoms with E-state index in [1.54, 1.807) is 29.2 Å². The van der Waals surface area contributed by atoms with E-state index in [1.165, 1.54) is 24.3 Å². The summed E-state index contributed by atoms with van der Waals surface area (Å²) in [5.74, 6) is -1.97. The fourth-order valence-corrected chi connectivity index (χ4v) is 4.13. The minimum Gasteiger partial charge on any atom is -0.462 e. The van der Waals surface area contributed by atoms with Crippen LogP contribution in [0.15, 0.2) is 89.6 Å². The molecule has 194 valence electrons. The molecule has 1 aliphatic heterocycles. The lowest BCUT2D eigenvalue weighted by Crippen LogP contribution is -2.32. The predicted molar refractivity (Wildman–Crippen MR) is 146 cm³/mol. The summed E-state index contributed by atoms with van der Waals surface area (Å²) in [5.41, 5.74) is 2.23. The second-order valence-corrected chi connectivity index (χ2v) is 8.78. The quantitative estimate of drug-likeness (QED) is 0.295. The van der Waals surface area contributed by atoms with Crippen molar-refractivity contribution in [1.29, 1.82) is 0 Å². The van der Waals surface area contributed by atoms with Gasteiger partial charge in [-0.05, 0) is 74.0 Å². The van der Waals surface area contributed by atoms with Crippen molar-refractivity contribution in [2.24, 2.45) is 0 Å². The van der Waals surface area contributed by atoms with Crippen molar-refractivity contribution in [1.82, 2.24) is 0 Å². The Hall–Kier alpha value is -4.43. The van der Waals surface area contributed by atoms with Crippen LogP contribution in [-0.4, -0.2) is 36.8 Å². The predicted octanol–water partition coefficient (Wildman–Crippen LogP) is 5.36. The first kappa shape index (κ1) is 26.6. The second-order valence-electron chi connectivity index (χ2n) is 8.40. The van der Waals surface area contributed by atoms with Crippen LogP contribution in [0, 0.1) is 0 Å². The Bertz CT molecular complexity index is 1390. The fraction of sp³-hybridized carbons (Fsp3) is 0.172. The maximum absolute atomic E-state index is 13.1. The van der Waals surface area contributed by atoms with Gasteiger partial charge >= 0.3 is 5.97 Å². The highest BCUT2D eigenvalue weighted by Crippen LogP contribution is 2.30. The Labute approximate surface area is 225 Å². The largest absolute Gasteiger partial charge is 0.462 e. The number of carbonyl (C=O) groups is 4. The van der Waals surface area contributed by atoms with Crippen LogP contribution in [0.3, 0.4) is 0 Å². The van der Waals surface area contributed by atoms with Gasteiger partial charge in [-0.2, -0.15) is 0 Å². The van der Waals surface area contributed by atoms with Crippen LogP contribution in [0.1, 0.15) is 41.0 Å². The maximum Gasteiger partial charge on any atom is 0.338 e. The molecule has 0 atom stereocenters. The monoisotopic (exact) mass is 531 g/mol. The number of nitrogens with one attached hydrogen (secondary N) is 1. The van der Waals surface area contributed by atoms with Gasteiger partial charge in [-0.1, -0.05) is 36.7 Å². The van der Waals surface area contributed by atoms with E-state index < -0.39 is 17.8 Å². The third-order valence-electron chi connectivity index (χ3n) is 5.86. The molecule has 3 aromatic rings. The molecule has 3 amide bonds. The molecule has 0 aromatic heterocycles. The summed E-state index contributed by atoms with van der Waals surface area (Å²) in [7, 11) is 0. The van der Waals surface area contributed by atoms with E-state index in [0.29, 0.717) is 36.4 Å². The van der Waals surface area contributed by atoms with Gasteiger partial charge in [-0.3, -0.25) is 14.4 Å². The van der Waals surface area contributed by atoms with E-state index in [0.717, 1.165) is 10.6 Å². The van der Waals surface area contributed by atoms with Gasteiger partial charge in [0.25, 0.3) is 17.7 Å². The van der Waals surface area contributed by atoms with Crippen LogP contribution < -0.4 is 15.1 Å². The lowest BCUT2D eigenvalue weighted by Gasteiger charge is -2.21. The first-order valence-electron chi connectivity index (χ1n) is 12.2. The number of hydrogen-bond acceptors (Lipinski definition) is 6. The maximum atomic E-state index is 13.1. The molecule has 9 heteroatoms. The first-order valence-corrected chi connectivity index (χ1v) is 12.5. The van der Waals surface area contributed by atoms with Crippen molar-refractivity contribution < 1.29 is 23.9 Å². The van der Waals surface area contributed by atoms with E-state index in [4.69, 9.17) is 16.3 Å².